The highest BCUT2D eigenvalue weighted by Gasteiger charge is 2.08. The summed E-state index contributed by atoms with van der Waals surface area (Å²) in [5, 5.41) is 0. The first kappa shape index (κ1) is 9.30. The van der Waals surface area contributed by atoms with Crippen molar-refractivity contribution in [1.82, 2.24) is 0 Å². The van der Waals surface area contributed by atoms with E-state index in [1.165, 1.54) is 0 Å². The molecule has 0 fully saturated rings. The molecule has 1 unspecified atom stereocenters. The maximum absolute atomic E-state index is 11.1. The van der Waals surface area contributed by atoms with E-state index in [-0.39, 0.29) is 12.9 Å². The van der Waals surface area contributed by atoms with Gasteiger partial charge in [-0.1, -0.05) is 0 Å². The monoisotopic (exact) mass is 199 g/mol. The standard InChI is InChI=1S/C8H7O2PS/c1-10-7-4-2-6(3-5-7)8(9)11-12/h2-5H,1H3/p+1. The molecule has 4 heteroatoms. The van der Waals surface area contributed by atoms with Crippen LogP contribution >= 0.6 is 7.36 Å². The molecule has 1 atom stereocenters. The first-order chi connectivity index (χ1) is 5.77. The van der Waals surface area contributed by atoms with E-state index in [0.717, 1.165) is 5.75 Å². The van der Waals surface area contributed by atoms with Crippen molar-refractivity contribution in [3.63, 3.8) is 0 Å². The molecule has 2 nitrogen and oxygen atoms in total. The van der Waals surface area contributed by atoms with Gasteiger partial charge in [0.1, 0.15) is 5.75 Å². The van der Waals surface area contributed by atoms with Crippen LogP contribution in [-0.2, 0) is 11.8 Å². The molecule has 0 amide bonds. The molecule has 0 aliphatic carbocycles. The molecular weight excluding hydrogens is 191 g/mol. The quantitative estimate of drug-likeness (QED) is 0.696. The molecule has 12 heavy (non-hydrogen) atoms. The van der Waals surface area contributed by atoms with Gasteiger partial charge in [0.05, 0.1) is 12.7 Å². The lowest BCUT2D eigenvalue weighted by atomic mass is 10.2. The Morgan fingerprint density at radius 2 is 2.00 bits per heavy atom. The summed E-state index contributed by atoms with van der Waals surface area (Å²) in [7, 11) is 1.50. The Hall–Kier alpha value is -0.790. The lowest BCUT2D eigenvalue weighted by molar-refractivity contribution is 0.108. The number of benzene rings is 1. The van der Waals surface area contributed by atoms with Gasteiger partial charge >= 0.3 is 5.52 Å². The molecule has 0 bridgehead atoms. The Kier molecular flexibility index (Phi) is 3.32. The molecule has 0 aliphatic heterocycles. The molecule has 1 rings (SSSR count). The topological polar surface area (TPSA) is 26.3 Å². The fourth-order valence-electron chi connectivity index (χ4n) is 0.801. The van der Waals surface area contributed by atoms with Crippen LogP contribution in [0.4, 0.5) is 0 Å². The summed E-state index contributed by atoms with van der Waals surface area (Å²) < 4.78 is 4.95. The van der Waals surface area contributed by atoms with Gasteiger partial charge < -0.3 is 4.74 Å². The first-order valence-electron chi connectivity index (χ1n) is 3.34. The van der Waals surface area contributed by atoms with E-state index in [1.807, 2.05) is 0 Å². The maximum atomic E-state index is 11.1. The second-order valence-corrected chi connectivity index (χ2v) is 3.43. The third kappa shape index (κ3) is 2.10. The van der Waals surface area contributed by atoms with E-state index in [0.29, 0.717) is 5.56 Å². The van der Waals surface area contributed by atoms with Gasteiger partial charge in [-0.15, -0.1) is 0 Å². The van der Waals surface area contributed by atoms with Crippen LogP contribution in [0.2, 0.25) is 0 Å². The Labute approximate surface area is 77.4 Å². The molecule has 0 radical (unpaired) electrons. The zero-order valence-corrected chi connectivity index (χ0v) is 8.35. The Morgan fingerprint density at radius 1 is 1.42 bits per heavy atom. The summed E-state index contributed by atoms with van der Waals surface area (Å²) in [6.45, 7) is 0. The average Bonchev–Trinajstić information content (AvgIpc) is 2.17. The van der Waals surface area contributed by atoms with Crippen LogP contribution in [0.5, 0.6) is 5.75 Å². The van der Waals surface area contributed by atoms with Crippen molar-refractivity contribution < 1.29 is 9.53 Å². The minimum absolute atomic E-state index is 0.00709. The molecule has 1 aromatic carbocycles. The summed E-state index contributed by atoms with van der Waals surface area (Å²) >= 11 is 4.66. The van der Waals surface area contributed by atoms with E-state index < -0.39 is 0 Å². The minimum Gasteiger partial charge on any atom is -0.497 e. The van der Waals surface area contributed by atoms with Gasteiger partial charge in [-0.05, 0) is 24.3 Å². The molecule has 62 valence electrons. The third-order valence-electron chi connectivity index (χ3n) is 1.44. The summed E-state index contributed by atoms with van der Waals surface area (Å²) in [5.41, 5.74) is 0.664. The average molecular weight is 199 g/mol. The number of rotatable bonds is 3. The number of hydrogen-bond acceptors (Lipinski definition) is 3. The summed E-state index contributed by atoms with van der Waals surface area (Å²) in [6, 6.07) is 6.95. The second kappa shape index (κ2) is 4.29. The first-order valence-corrected chi connectivity index (χ1v) is 5.47. The van der Waals surface area contributed by atoms with Gasteiger partial charge in [-0.2, -0.15) is 0 Å². The van der Waals surface area contributed by atoms with Crippen molar-refractivity contribution in [2.45, 2.75) is 0 Å². The Balaban J connectivity index is 2.91. The SMILES string of the molecule is COc1ccc(C(=O)[PH+]=S)cc1. The molecule has 0 saturated heterocycles. The van der Waals surface area contributed by atoms with E-state index in [9.17, 15) is 4.79 Å². The van der Waals surface area contributed by atoms with E-state index in [2.05, 4.69) is 11.8 Å². The number of methoxy groups -OCH3 is 1. The molecule has 0 aliphatic rings. The maximum Gasteiger partial charge on any atom is 0.363 e. The van der Waals surface area contributed by atoms with Gasteiger partial charge in [0.25, 0.3) is 0 Å². The second-order valence-electron chi connectivity index (χ2n) is 2.16. The van der Waals surface area contributed by atoms with E-state index in [1.54, 1.807) is 31.4 Å². The highest BCUT2D eigenvalue weighted by atomic mass is 32.4. The summed E-state index contributed by atoms with van der Waals surface area (Å²) in [6.07, 6.45) is 0. The molecule has 0 spiro atoms. The molecular formula is C8H8O2PS+. The number of carbonyl (C=O) groups excluding carboxylic acids is 1. The van der Waals surface area contributed by atoms with Crippen LogP contribution in [0.3, 0.4) is 0 Å². The van der Waals surface area contributed by atoms with Crippen molar-refractivity contribution in [2.75, 3.05) is 7.11 Å². The highest BCUT2D eigenvalue weighted by Crippen LogP contribution is 2.14. The Morgan fingerprint density at radius 3 is 2.42 bits per heavy atom. The van der Waals surface area contributed by atoms with E-state index >= 15 is 0 Å². The van der Waals surface area contributed by atoms with Crippen LogP contribution in [0.15, 0.2) is 24.3 Å². The highest BCUT2D eigenvalue weighted by molar-refractivity contribution is 8.03. The Bertz CT molecular complexity index is 294. The smallest absolute Gasteiger partial charge is 0.363 e. The predicted molar refractivity (Wildman–Crippen MR) is 53.0 cm³/mol. The third-order valence-corrected chi connectivity index (χ3v) is 2.48. The summed E-state index contributed by atoms with van der Waals surface area (Å²) in [5.74, 6) is 0.749. The van der Waals surface area contributed by atoms with Gasteiger partial charge in [0.2, 0.25) is 7.36 Å². The van der Waals surface area contributed by atoms with Gasteiger partial charge in [0, 0.05) is 0 Å². The largest absolute Gasteiger partial charge is 0.497 e. The fourth-order valence-corrected chi connectivity index (χ4v) is 1.44. The zero-order chi connectivity index (χ0) is 8.97. The van der Waals surface area contributed by atoms with Crippen molar-refractivity contribution in [2.24, 2.45) is 0 Å². The minimum atomic E-state index is -0.0899. The van der Waals surface area contributed by atoms with Crippen LogP contribution in [0, 0.1) is 0 Å². The zero-order valence-electron chi connectivity index (χ0n) is 6.53. The van der Waals surface area contributed by atoms with Crippen LogP contribution in [0.25, 0.3) is 0 Å². The lowest BCUT2D eigenvalue weighted by Crippen LogP contribution is -1.88. The number of carbonyl (C=O) groups is 1. The van der Waals surface area contributed by atoms with Crippen molar-refractivity contribution in [3.8, 4) is 5.75 Å². The lowest BCUT2D eigenvalue weighted by Gasteiger charge is -1.97. The summed E-state index contributed by atoms with van der Waals surface area (Å²) in [4.78, 5) is 11.1. The fraction of sp³-hybridized carbons (Fsp3) is 0.125. The number of hydrogen-bond donors (Lipinski definition) is 0. The van der Waals surface area contributed by atoms with Crippen LogP contribution < -0.4 is 4.74 Å². The number of ether oxygens (including phenoxy) is 1. The van der Waals surface area contributed by atoms with Crippen molar-refractivity contribution in [3.05, 3.63) is 29.8 Å². The predicted octanol–water partition coefficient (Wildman–Crippen LogP) is 1.98. The van der Waals surface area contributed by atoms with Crippen molar-refractivity contribution in [1.29, 1.82) is 0 Å². The molecule has 1 aromatic rings. The molecule has 0 N–H and O–H groups in total. The van der Waals surface area contributed by atoms with Gasteiger partial charge in [-0.3, -0.25) is 0 Å². The normalized spacial score (nSPS) is 9.75. The van der Waals surface area contributed by atoms with Crippen LogP contribution in [-0.4, -0.2) is 12.6 Å². The van der Waals surface area contributed by atoms with Gasteiger partial charge in [-0.25, -0.2) is 4.79 Å². The van der Waals surface area contributed by atoms with Crippen LogP contribution in [0.1, 0.15) is 10.4 Å². The van der Waals surface area contributed by atoms with E-state index in [4.69, 9.17) is 4.74 Å². The molecule has 0 aromatic heterocycles. The van der Waals surface area contributed by atoms with Gasteiger partial charge in [0.15, 0.2) is 11.8 Å². The molecule has 0 saturated carbocycles. The molecule has 0 heterocycles. The van der Waals surface area contributed by atoms with Crippen molar-refractivity contribution >= 4 is 24.7 Å².